The molecule has 1 amide bonds. The topological polar surface area (TPSA) is 81.4 Å². The minimum atomic E-state index is -0.0121. The second kappa shape index (κ2) is 6.76. The van der Waals surface area contributed by atoms with Gasteiger partial charge in [-0.2, -0.15) is 0 Å². The molecule has 2 aromatic rings. The van der Waals surface area contributed by atoms with E-state index in [4.69, 9.17) is 9.26 Å². The monoisotopic (exact) mass is 316 g/mol. The molecule has 1 aliphatic rings. The number of likely N-dealkylation sites (tertiary alicyclic amines) is 1. The molecule has 7 heteroatoms. The van der Waals surface area contributed by atoms with Gasteiger partial charge in [-0.3, -0.25) is 4.79 Å². The lowest BCUT2D eigenvalue weighted by molar-refractivity contribution is 0.0626. The Hall–Kier alpha value is -2.44. The first-order chi connectivity index (χ1) is 11.1. The molecular weight excluding hydrogens is 296 g/mol. The number of aryl methyl sites for hydroxylation is 2. The lowest BCUT2D eigenvalue weighted by Crippen LogP contribution is -2.42. The van der Waals surface area contributed by atoms with Gasteiger partial charge in [-0.05, 0) is 32.8 Å². The van der Waals surface area contributed by atoms with Crippen LogP contribution in [-0.2, 0) is 0 Å². The SMILES string of the molecule is Cc1noc(C)c1C(=O)N1CCCC(COc2ncccn2)C1. The lowest BCUT2D eigenvalue weighted by Gasteiger charge is -2.32. The van der Waals surface area contributed by atoms with Crippen molar-refractivity contribution in [1.29, 1.82) is 0 Å². The number of hydrogen-bond acceptors (Lipinski definition) is 6. The van der Waals surface area contributed by atoms with E-state index >= 15 is 0 Å². The molecule has 0 N–H and O–H groups in total. The molecule has 1 atom stereocenters. The number of nitrogens with zero attached hydrogens (tertiary/aromatic N) is 4. The summed E-state index contributed by atoms with van der Waals surface area (Å²) in [6.07, 6.45) is 5.28. The van der Waals surface area contributed by atoms with Gasteiger partial charge in [-0.15, -0.1) is 0 Å². The number of aromatic nitrogens is 3. The van der Waals surface area contributed by atoms with Crippen LogP contribution in [0.3, 0.4) is 0 Å². The summed E-state index contributed by atoms with van der Waals surface area (Å²) in [4.78, 5) is 22.6. The van der Waals surface area contributed by atoms with Gasteiger partial charge in [0.05, 0.1) is 12.3 Å². The fourth-order valence-electron chi connectivity index (χ4n) is 2.88. The van der Waals surface area contributed by atoms with Crippen molar-refractivity contribution in [1.82, 2.24) is 20.0 Å². The number of amides is 1. The zero-order valence-electron chi connectivity index (χ0n) is 13.4. The Balaban J connectivity index is 1.61. The maximum Gasteiger partial charge on any atom is 0.316 e. The zero-order valence-corrected chi connectivity index (χ0v) is 13.4. The Kier molecular flexibility index (Phi) is 4.55. The van der Waals surface area contributed by atoms with Gasteiger partial charge in [0.15, 0.2) is 0 Å². The molecule has 2 aromatic heterocycles. The van der Waals surface area contributed by atoms with E-state index in [9.17, 15) is 4.79 Å². The normalized spacial score (nSPS) is 18.0. The third-order valence-electron chi connectivity index (χ3n) is 4.04. The molecule has 23 heavy (non-hydrogen) atoms. The summed E-state index contributed by atoms with van der Waals surface area (Å²) in [6, 6.07) is 2.12. The van der Waals surface area contributed by atoms with Crippen LogP contribution in [0.25, 0.3) is 0 Å². The van der Waals surface area contributed by atoms with Crippen LogP contribution in [0.1, 0.15) is 34.7 Å². The van der Waals surface area contributed by atoms with Crippen LogP contribution in [0.5, 0.6) is 6.01 Å². The van der Waals surface area contributed by atoms with Crippen molar-refractivity contribution in [3.63, 3.8) is 0 Å². The van der Waals surface area contributed by atoms with Gasteiger partial charge >= 0.3 is 6.01 Å². The first kappa shape index (κ1) is 15.5. The molecule has 0 aliphatic carbocycles. The summed E-state index contributed by atoms with van der Waals surface area (Å²) in [7, 11) is 0. The minimum absolute atomic E-state index is 0.0121. The second-order valence-corrected chi connectivity index (χ2v) is 5.80. The zero-order chi connectivity index (χ0) is 16.2. The summed E-state index contributed by atoms with van der Waals surface area (Å²) >= 11 is 0. The van der Waals surface area contributed by atoms with Crippen molar-refractivity contribution in [2.24, 2.45) is 5.92 Å². The van der Waals surface area contributed by atoms with E-state index in [1.54, 1.807) is 32.3 Å². The van der Waals surface area contributed by atoms with E-state index in [1.807, 2.05) is 4.90 Å². The highest BCUT2D eigenvalue weighted by Crippen LogP contribution is 2.22. The van der Waals surface area contributed by atoms with Crippen molar-refractivity contribution in [2.75, 3.05) is 19.7 Å². The van der Waals surface area contributed by atoms with Crippen molar-refractivity contribution in [3.8, 4) is 6.01 Å². The molecule has 0 spiro atoms. The number of hydrogen-bond donors (Lipinski definition) is 0. The Bertz CT molecular complexity index is 652. The van der Waals surface area contributed by atoms with Gasteiger partial charge < -0.3 is 14.2 Å². The third-order valence-corrected chi connectivity index (χ3v) is 4.04. The maximum absolute atomic E-state index is 12.7. The molecule has 7 nitrogen and oxygen atoms in total. The van der Waals surface area contributed by atoms with Gasteiger partial charge in [0.1, 0.15) is 11.3 Å². The number of piperidine rings is 1. The van der Waals surface area contributed by atoms with Crippen LogP contribution >= 0.6 is 0 Å². The molecule has 1 unspecified atom stereocenters. The Morgan fingerprint density at radius 3 is 2.87 bits per heavy atom. The van der Waals surface area contributed by atoms with Crippen LogP contribution < -0.4 is 4.74 Å². The van der Waals surface area contributed by atoms with E-state index in [1.165, 1.54) is 0 Å². The Labute approximate surface area is 134 Å². The molecule has 122 valence electrons. The van der Waals surface area contributed by atoms with Gasteiger partial charge in [0.2, 0.25) is 0 Å². The molecular formula is C16H20N4O3. The highest BCUT2D eigenvalue weighted by molar-refractivity contribution is 5.96. The highest BCUT2D eigenvalue weighted by atomic mass is 16.5. The van der Waals surface area contributed by atoms with Crippen LogP contribution in [0, 0.1) is 19.8 Å². The minimum Gasteiger partial charge on any atom is -0.463 e. The third kappa shape index (κ3) is 3.49. The molecule has 0 aromatic carbocycles. The average molecular weight is 316 g/mol. The van der Waals surface area contributed by atoms with Crippen molar-refractivity contribution in [2.45, 2.75) is 26.7 Å². The second-order valence-electron chi connectivity index (χ2n) is 5.80. The number of carbonyl (C=O) groups excluding carboxylic acids is 1. The van der Waals surface area contributed by atoms with Crippen LogP contribution in [0.15, 0.2) is 23.0 Å². The standard InChI is InChI=1S/C16H20N4O3/c1-11-14(12(2)23-19-11)15(21)20-8-3-5-13(9-20)10-22-16-17-6-4-7-18-16/h4,6-7,13H,3,5,8-10H2,1-2H3. The molecule has 3 rings (SSSR count). The smallest absolute Gasteiger partial charge is 0.316 e. The van der Waals surface area contributed by atoms with E-state index in [-0.39, 0.29) is 11.8 Å². The van der Waals surface area contributed by atoms with Crippen molar-refractivity contribution < 1.29 is 14.1 Å². The quantitative estimate of drug-likeness (QED) is 0.858. The summed E-state index contributed by atoms with van der Waals surface area (Å²) in [5.74, 6) is 0.836. The predicted octanol–water partition coefficient (Wildman–Crippen LogP) is 2.01. The molecule has 0 saturated carbocycles. The van der Waals surface area contributed by atoms with Gasteiger partial charge in [-0.25, -0.2) is 9.97 Å². The summed E-state index contributed by atoms with van der Waals surface area (Å²) < 4.78 is 10.7. The van der Waals surface area contributed by atoms with E-state index in [2.05, 4.69) is 15.1 Å². The first-order valence-corrected chi connectivity index (χ1v) is 7.77. The van der Waals surface area contributed by atoms with Gasteiger partial charge in [0, 0.05) is 31.4 Å². The van der Waals surface area contributed by atoms with Gasteiger partial charge in [-0.1, -0.05) is 5.16 Å². The Morgan fingerprint density at radius 2 is 2.17 bits per heavy atom. The summed E-state index contributed by atoms with van der Waals surface area (Å²) in [6.45, 7) is 5.48. The average Bonchev–Trinajstić information content (AvgIpc) is 2.92. The highest BCUT2D eigenvalue weighted by Gasteiger charge is 2.28. The van der Waals surface area contributed by atoms with Gasteiger partial charge in [0.25, 0.3) is 5.91 Å². The molecule has 3 heterocycles. The van der Waals surface area contributed by atoms with E-state index in [0.717, 1.165) is 19.4 Å². The van der Waals surface area contributed by atoms with Crippen molar-refractivity contribution >= 4 is 5.91 Å². The lowest BCUT2D eigenvalue weighted by atomic mass is 9.98. The molecule has 1 saturated heterocycles. The number of ether oxygens (including phenoxy) is 1. The van der Waals surface area contributed by atoms with Crippen LogP contribution in [0.4, 0.5) is 0 Å². The number of rotatable bonds is 4. The predicted molar refractivity (Wildman–Crippen MR) is 82.1 cm³/mol. The molecule has 0 radical (unpaired) electrons. The maximum atomic E-state index is 12.7. The Morgan fingerprint density at radius 1 is 1.39 bits per heavy atom. The summed E-state index contributed by atoms with van der Waals surface area (Å²) in [5, 5.41) is 3.86. The number of carbonyl (C=O) groups is 1. The van der Waals surface area contributed by atoms with Crippen LogP contribution in [0.2, 0.25) is 0 Å². The van der Waals surface area contributed by atoms with Crippen molar-refractivity contribution in [3.05, 3.63) is 35.5 Å². The molecule has 1 fully saturated rings. The fourth-order valence-corrected chi connectivity index (χ4v) is 2.88. The van der Waals surface area contributed by atoms with E-state index < -0.39 is 0 Å². The summed E-state index contributed by atoms with van der Waals surface area (Å²) in [5.41, 5.74) is 1.22. The van der Waals surface area contributed by atoms with E-state index in [0.29, 0.717) is 36.2 Å². The molecule has 1 aliphatic heterocycles. The molecule has 0 bridgehead atoms. The fraction of sp³-hybridized carbons (Fsp3) is 0.500. The van der Waals surface area contributed by atoms with Crippen LogP contribution in [-0.4, -0.2) is 45.6 Å². The first-order valence-electron chi connectivity index (χ1n) is 7.77. The largest absolute Gasteiger partial charge is 0.463 e.